The summed E-state index contributed by atoms with van der Waals surface area (Å²) in [5, 5.41) is -0.00426. The molecule has 5 heteroatoms. The fourth-order valence-corrected chi connectivity index (χ4v) is 3.88. The number of halogens is 2. The Morgan fingerprint density at radius 3 is 2.30 bits per heavy atom. The van der Waals surface area contributed by atoms with Gasteiger partial charge in [0.25, 0.3) is 0 Å². The molecule has 0 radical (unpaired) electrons. The van der Waals surface area contributed by atoms with E-state index in [0.717, 1.165) is 45.2 Å². The Bertz CT molecular complexity index is 330. The van der Waals surface area contributed by atoms with Crippen molar-refractivity contribution in [3.63, 3.8) is 0 Å². The molecule has 1 saturated carbocycles. The minimum Gasteiger partial charge on any atom is -0.306 e. The molecule has 1 saturated heterocycles. The Morgan fingerprint density at radius 1 is 1.10 bits per heavy atom. The molecule has 0 spiro atoms. The number of rotatable bonds is 4. The first-order valence-corrected chi connectivity index (χ1v) is 8.54. The molecule has 20 heavy (non-hydrogen) atoms. The van der Waals surface area contributed by atoms with Gasteiger partial charge in [0, 0.05) is 30.4 Å². The number of nitrogens with zero attached hydrogens (tertiary/aromatic N) is 2. The van der Waals surface area contributed by atoms with Gasteiger partial charge in [0.1, 0.15) is 5.78 Å². The molecule has 2 aliphatic rings. The first-order chi connectivity index (χ1) is 9.47. The number of hydrogen-bond donors (Lipinski definition) is 0. The molecule has 3 atom stereocenters. The summed E-state index contributed by atoms with van der Waals surface area (Å²) in [5.74, 6) is 0.488. The van der Waals surface area contributed by atoms with Crippen LogP contribution in [0.2, 0.25) is 0 Å². The van der Waals surface area contributed by atoms with Crippen molar-refractivity contribution < 1.29 is 4.79 Å². The van der Waals surface area contributed by atoms with Crippen molar-refractivity contribution in [1.29, 1.82) is 0 Å². The lowest BCUT2D eigenvalue weighted by Gasteiger charge is -2.36. The van der Waals surface area contributed by atoms with Gasteiger partial charge < -0.3 is 4.90 Å². The lowest BCUT2D eigenvalue weighted by molar-refractivity contribution is -0.125. The number of carbonyl (C=O) groups excluding carboxylic acids is 1. The second-order valence-electron chi connectivity index (χ2n) is 6.48. The molecule has 1 heterocycles. The average molecular weight is 321 g/mol. The molecule has 0 aromatic rings. The molecule has 116 valence electrons. The molecule has 0 aromatic carbocycles. The number of carbonyl (C=O) groups is 1. The van der Waals surface area contributed by atoms with E-state index >= 15 is 0 Å². The van der Waals surface area contributed by atoms with Crippen LogP contribution < -0.4 is 0 Å². The maximum atomic E-state index is 12.4. The third-order valence-electron chi connectivity index (χ3n) is 4.82. The maximum Gasteiger partial charge on any atom is 0.149 e. The first-order valence-electron chi connectivity index (χ1n) is 7.67. The predicted molar refractivity (Wildman–Crippen MR) is 84.8 cm³/mol. The molecule has 0 amide bonds. The SMILES string of the molecule is CN(C)C1CCN(CC(=O)C2CCC(Cl)C(Cl)C2)CC1. The highest BCUT2D eigenvalue weighted by Gasteiger charge is 2.32. The Kier molecular flexibility index (Phi) is 6.15. The molecule has 3 nitrogen and oxygen atoms in total. The second kappa shape index (κ2) is 7.44. The van der Waals surface area contributed by atoms with Crippen LogP contribution in [-0.2, 0) is 4.79 Å². The lowest BCUT2D eigenvalue weighted by Crippen LogP contribution is -2.45. The molecule has 3 unspecified atom stereocenters. The van der Waals surface area contributed by atoms with E-state index in [4.69, 9.17) is 23.2 Å². The minimum atomic E-state index is -0.0427. The van der Waals surface area contributed by atoms with Crippen molar-refractivity contribution in [1.82, 2.24) is 9.80 Å². The predicted octanol–water partition coefficient (Wildman–Crippen LogP) is 2.60. The van der Waals surface area contributed by atoms with Crippen LogP contribution in [0.5, 0.6) is 0 Å². The Labute approximate surface area is 132 Å². The van der Waals surface area contributed by atoms with Crippen LogP contribution in [0.15, 0.2) is 0 Å². The fourth-order valence-electron chi connectivity index (χ4n) is 3.31. The molecule has 0 bridgehead atoms. The monoisotopic (exact) mass is 320 g/mol. The van der Waals surface area contributed by atoms with E-state index in [1.54, 1.807) is 0 Å². The van der Waals surface area contributed by atoms with Gasteiger partial charge >= 0.3 is 0 Å². The highest BCUT2D eigenvalue weighted by Crippen LogP contribution is 2.32. The molecule has 2 fully saturated rings. The van der Waals surface area contributed by atoms with Gasteiger partial charge in [-0.25, -0.2) is 0 Å². The van der Waals surface area contributed by atoms with E-state index in [-0.39, 0.29) is 16.7 Å². The van der Waals surface area contributed by atoms with Gasteiger partial charge in [-0.2, -0.15) is 0 Å². The van der Waals surface area contributed by atoms with Gasteiger partial charge in [-0.05, 0) is 46.2 Å². The minimum absolute atomic E-state index is 0.0385. The summed E-state index contributed by atoms with van der Waals surface area (Å²) in [7, 11) is 4.27. The molecule has 0 N–H and O–H groups in total. The van der Waals surface area contributed by atoms with Crippen LogP contribution in [-0.4, -0.2) is 66.1 Å². The number of hydrogen-bond acceptors (Lipinski definition) is 3. The summed E-state index contributed by atoms with van der Waals surface area (Å²) in [6, 6.07) is 0.667. The van der Waals surface area contributed by atoms with E-state index in [0.29, 0.717) is 18.4 Å². The molecular weight excluding hydrogens is 295 g/mol. The second-order valence-corrected chi connectivity index (χ2v) is 7.60. The summed E-state index contributed by atoms with van der Waals surface area (Å²) in [5.41, 5.74) is 0. The maximum absolute atomic E-state index is 12.4. The summed E-state index contributed by atoms with van der Waals surface area (Å²) >= 11 is 12.3. The highest BCUT2D eigenvalue weighted by atomic mass is 35.5. The Morgan fingerprint density at radius 2 is 1.75 bits per heavy atom. The zero-order chi connectivity index (χ0) is 14.7. The molecule has 1 aliphatic carbocycles. The Hall–Kier alpha value is 0.170. The van der Waals surface area contributed by atoms with Gasteiger partial charge in [-0.1, -0.05) is 0 Å². The number of piperidine rings is 1. The van der Waals surface area contributed by atoms with E-state index in [9.17, 15) is 4.79 Å². The van der Waals surface area contributed by atoms with Crippen LogP contribution in [0.4, 0.5) is 0 Å². The van der Waals surface area contributed by atoms with Crippen molar-refractivity contribution in [3.05, 3.63) is 0 Å². The fraction of sp³-hybridized carbons (Fsp3) is 0.933. The third-order valence-corrected chi connectivity index (χ3v) is 5.95. The van der Waals surface area contributed by atoms with Gasteiger partial charge in [0.15, 0.2) is 0 Å². The summed E-state index contributed by atoms with van der Waals surface area (Å²) in [6.45, 7) is 2.66. The molecule has 1 aliphatic heterocycles. The zero-order valence-corrected chi connectivity index (χ0v) is 14.0. The standard InChI is InChI=1S/C15H26Cl2N2O/c1-18(2)12-5-7-19(8-6-12)10-15(20)11-3-4-13(16)14(17)9-11/h11-14H,3-10H2,1-2H3. The molecule has 0 aromatic heterocycles. The largest absolute Gasteiger partial charge is 0.306 e. The van der Waals surface area contributed by atoms with Crippen LogP contribution >= 0.6 is 23.2 Å². The topological polar surface area (TPSA) is 23.6 Å². The summed E-state index contributed by atoms with van der Waals surface area (Å²) < 4.78 is 0. The van der Waals surface area contributed by atoms with Crippen molar-refractivity contribution >= 4 is 29.0 Å². The van der Waals surface area contributed by atoms with Crippen molar-refractivity contribution in [2.75, 3.05) is 33.7 Å². The van der Waals surface area contributed by atoms with Crippen molar-refractivity contribution in [2.24, 2.45) is 5.92 Å². The van der Waals surface area contributed by atoms with Crippen LogP contribution in [0, 0.1) is 5.92 Å². The van der Waals surface area contributed by atoms with Gasteiger partial charge in [-0.15, -0.1) is 23.2 Å². The van der Waals surface area contributed by atoms with Gasteiger partial charge in [0.05, 0.1) is 11.9 Å². The van der Waals surface area contributed by atoms with Crippen LogP contribution in [0.3, 0.4) is 0 Å². The first kappa shape index (κ1) is 16.5. The number of Topliss-reactive ketones (excluding diaryl/α,β-unsaturated/α-hetero) is 1. The molecule has 2 rings (SSSR count). The van der Waals surface area contributed by atoms with E-state index in [1.165, 1.54) is 0 Å². The smallest absolute Gasteiger partial charge is 0.149 e. The summed E-state index contributed by atoms with van der Waals surface area (Å²) in [6.07, 6.45) is 4.85. The van der Waals surface area contributed by atoms with E-state index < -0.39 is 0 Å². The number of likely N-dealkylation sites (tertiary alicyclic amines) is 1. The van der Waals surface area contributed by atoms with E-state index in [2.05, 4.69) is 23.9 Å². The van der Waals surface area contributed by atoms with Gasteiger partial charge in [-0.3, -0.25) is 9.69 Å². The number of ketones is 1. The highest BCUT2D eigenvalue weighted by molar-refractivity contribution is 6.30. The van der Waals surface area contributed by atoms with Crippen LogP contribution in [0.25, 0.3) is 0 Å². The van der Waals surface area contributed by atoms with Crippen molar-refractivity contribution in [2.45, 2.75) is 48.9 Å². The van der Waals surface area contributed by atoms with Gasteiger partial charge in [0.2, 0.25) is 0 Å². The Balaban J connectivity index is 1.75. The van der Waals surface area contributed by atoms with Crippen molar-refractivity contribution in [3.8, 4) is 0 Å². The third kappa shape index (κ3) is 4.33. The summed E-state index contributed by atoms with van der Waals surface area (Å²) in [4.78, 5) is 17.0. The molecular formula is C15H26Cl2N2O. The number of alkyl halides is 2. The quantitative estimate of drug-likeness (QED) is 0.744. The lowest BCUT2D eigenvalue weighted by atomic mass is 9.85. The normalized spacial score (nSPS) is 33.5. The average Bonchev–Trinajstić information content (AvgIpc) is 2.42. The van der Waals surface area contributed by atoms with E-state index in [1.807, 2.05) is 0 Å². The zero-order valence-electron chi connectivity index (χ0n) is 12.5. The van der Waals surface area contributed by atoms with Crippen LogP contribution in [0.1, 0.15) is 32.1 Å².